The molecule has 802 valence electrons. The third-order valence-electron chi connectivity index (χ3n) is 21.7. The van der Waals surface area contributed by atoms with E-state index in [1.807, 2.05) is 104 Å². The van der Waals surface area contributed by atoms with Crippen LogP contribution in [0.4, 0.5) is 35.3 Å². The Bertz CT molecular complexity index is 5840. The monoisotopic (exact) mass is 2110 g/mol. The molecule has 43 heteroatoms. The maximum absolute atomic E-state index is 12.8. The van der Waals surface area contributed by atoms with Gasteiger partial charge in [0.25, 0.3) is 0 Å². The normalized spacial score (nSPS) is 11.2. The number of benzene rings is 4. The van der Waals surface area contributed by atoms with Gasteiger partial charge in [0.1, 0.15) is 86.2 Å². The van der Waals surface area contributed by atoms with Gasteiger partial charge in [-0.05, 0) is 169 Å². The van der Waals surface area contributed by atoms with Crippen molar-refractivity contribution >= 4 is 126 Å². The summed E-state index contributed by atoms with van der Waals surface area (Å²) in [6.45, 7) is 22.8. The maximum Gasteiger partial charge on any atom is 1.00 e. The number of hydrogen-bond donors (Lipinski definition) is 12. The number of aliphatic hydroxyl groups excluding tert-OH is 2. The molecule has 4 atom stereocenters. The minimum atomic E-state index is -0.923. The molecule has 16 N–H and O–H groups in total. The summed E-state index contributed by atoms with van der Waals surface area (Å²) >= 11 is 11.4. The van der Waals surface area contributed by atoms with Crippen LogP contribution in [0.1, 0.15) is 183 Å². The molecule has 0 aliphatic rings. The Morgan fingerprint density at radius 2 is 0.748 bits per heavy atom. The minimum Gasteiger partial charge on any atom is -0.870 e. The van der Waals surface area contributed by atoms with Crippen LogP contribution >= 0.6 is 23.2 Å². The number of methoxy groups -OCH3 is 10. The molecule has 12 rings (SSSR count). The van der Waals surface area contributed by atoms with Crippen LogP contribution in [0.3, 0.4) is 0 Å². The van der Waals surface area contributed by atoms with E-state index in [4.69, 9.17) is 93.2 Å². The van der Waals surface area contributed by atoms with E-state index in [-0.39, 0.29) is 107 Å². The predicted octanol–water partition coefficient (Wildman–Crippen LogP) is 14.4. The van der Waals surface area contributed by atoms with E-state index in [1.54, 1.807) is 106 Å². The van der Waals surface area contributed by atoms with Gasteiger partial charge in [0.15, 0.2) is 28.4 Å². The van der Waals surface area contributed by atoms with Crippen LogP contribution in [0.15, 0.2) is 146 Å². The van der Waals surface area contributed by atoms with Gasteiger partial charge in [0.05, 0.1) is 106 Å². The molecule has 0 aliphatic carbocycles. The Labute approximate surface area is 917 Å². The van der Waals surface area contributed by atoms with Crippen molar-refractivity contribution in [1.29, 1.82) is 0 Å². The largest absolute Gasteiger partial charge is 1.00 e. The number of anilines is 6. The molecule has 0 saturated carbocycles. The van der Waals surface area contributed by atoms with Gasteiger partial charge in [0, 0.05) is 131 Å². The van der Waals surface area contributed by atoms with Crippen molar-refractivity contribution in [1.82, 2.24) is 64.7 Å². The van der Waals surface area contributed by atoms with Gasteiger partial charge in [-0.2, -0.15) is 15.0 Å². The molecule has 12 aromatic rings. The van der Waals surface area contributed by atoms with Gasteiger partial charge in [0.2, 0.25) is 23.1 Å². The number of ether oxygens (including phenoxy) is 10. The molecule has 0 amide bonds. The molecule has 0 bridgehead atoms. The number of nitrogens with zero attached hydrogens (tertiary/aromatic N) is 13. The number of nitrogens with two attached hydrogens (primary N) is 3. The van der Waals surface area contributed by atoms with Crippen molar-refractivity contribution in [3.05, 3.63) is 179 Å². The van der Waals surface area contributed by atoms with E-state index in [0.717, 1.165) is 98.1 Å². The Balaban J connectivity index is 0.000000902. The Kier molecular flexibility index (Phi) is 66.0. The molecule has 4 aromatic carbocycles. The topological polar surface area (TPSA) is 559 Å². The molecule has 8 aromatic heterocycles. The first kappa shape index (κ1) is 131. The van der Waals surface area contributed by atoms with Gasteiger partial charge in [-0.15, -0.1) is 0 Å². The molecule has 0 spiro atoms. The third kappa shape index (κ3) is 44.9. The number of carbonyl (C=O) groups is 4. The van der Waals surface area contributed by atoms with E-state index >= 15 is 0 Å². The number of halogens is 2. The predicted molar refractivity (Wildman–Crippen MR) is 578 cm³/mol. The number of carboxylic acids is 1. The quantitative estimate of drug-likeness (QED) is 0.00729. The summed E-state index contributed by atoms with van der Waals surface area (Å²) in [4.78, 5) is 102. The fourth-order valence-corrected chi connectivity index (χ4v) is 14.5. The van der Waals surface area contributed by atoms with Crippen molar-refractivity contribution < 1.29 is 140 Å². The molecule has 0 radical (unpaired) electrons. The smallest absolute Gasteiger partial charge is 0.870 e. The Hall–Kier alpha value is -11.9. The summed E-state index contributed by atoms with van der Waals surface area (Å²) in [5, 5.41) is 46.2. The second kappa shape index (κ2) is 74.0. The zero-order chi connectivity index (χ0) is 106. The maximum atomic E-state index is 12.8. The van der Waals surface area contributed by atoms with E-state index < -0.39 is 30.1 Å². The van der Waals surface area contributed by atoms with Crippen molar-refractivity contribution in [2.24, 2.45) is 17.2 Å². The van der Waals surface area contributed by atoms with E-state index in [1.165, 1.54) is 14.2 Å². The van der Waals surface area contributed by atoms with Crippen molar-refractivity contribution in [2.45, 2.75) is 222 Å². The van der Waals surface area contributed by atoms with Crippen LogP contribution in [0, 0.1) is 0 Å². The SMILES string of the molecule is C.CCCC[C@@H](N)C(=O)OC.CCCC[C@@H](Nc1nc(NCc2ccc(OC)cc2OC)nc2cccnc12)C(=O)CCCO.CCCC[C@@H](Nc1nc(NCc2ccc(OC)cc2OC)nc2cccnc12)C(=O)O.CCCC[C@@H](Nc1nc(NCc2ccc(OC)cc2OC)nc2cccnc12)C(=O)OC.CCN(C(C)C)C(C)C.COc1ccc(CN)c(OC)c1.Clc1nc(Cl)c2ncccc2n1.NCCO.[2HH].[K+].[OH-]. The number of aliphatic carboxylic acids is 1. The number of nitrogens with one attached hydrogen (secondary N) is 6. The Morgan fingerprint density at radius 1 is 0.422 bits per heavy atom. The zero-order valence-corrected chi connectivity index (χ0v) is 92.3. The van der Waals surface area contributed by atoms with Crippen LogP contribution in [0.2, 0.25) is 10.4 Å². The minimum absolute atomic E-state index is 0. The molecule has 0 unspecified atom stereocenters. The molecule has 40 nitrogen and oxygen atoms in total. The van der Waals surface area contributed by atoms with Gasteiger partial charge >= 0.3 is 69.3 Å². The zero-order valence-electron chi connectivity index (χ0n) is 87.7. The fourth-order valence-electron chi connectivity index (χ4n) is 14.0. The molecular weight excluding hydrogens is 1960 g/mol. The molecule has 0 fully saturated rings. The first-order valence-corrected chi connectivity index (χ1v) is 48.5. The first-order chi connectivity index (χ1) is 69.5. The number of esters is 2. The molecular formula is C104H153Cl2KN22O18. The van der Waals surface area contributed by atoms with E-state index in [0.29, 0.717) is 191 Å². The summed E-state index contributed by atoms with van der Waals surface area (Å²) in [6.07, 6.45) is 17.4. The summed E-state index contributed by atoms with van der Waals surface area (Å²) in [5.74, 6) is 6.80. The standard InChI is InChI=1S/C25H33N5O4.C23H29N5O4.C22H27N5O4.C9H13NO2.C8H19N.C7H3Cl2N3.C7H15NO2.C2H7NO.CH4.K.H2O.H2/c1-4-5-8-19(21(32)10-7-14-31)28-24-23-20(9-6-13-26-23)29-25(30-24)27-16-17-11-12-18(33-2)15-22(17)34-3;1-5-6-8-18(22(29)32-4)26-21-20-17(9-7-12-24-20)27-23(28-21)25-14-15-10-11-16(30-2)13-19(15)31-3;1-4-5-7-17(21(28)29)25-20-19-16(8-6-11-23-19)26-22(27-20)24-13-14-9-10-15(30-2)12-18(14)31-3;1-11-8-4-3-7(6-10)9(5-8)12-2;1-6-9(7(2)3)8(4)5;8-6-5-4(2-1-3-10-5)11-7(9)12-6;1-3-4-5-6(8)7(9)10-2;3-1-2-4;;;;/h6,9,11-13,15,19,31H,4-5,7-8,10,14,16H2,1-3H3,(H2,27,28,29,30);7,9-13,18H,5-6,8,14H2,1-4H3,(H2,25,26,27,28);6,8-12,17H,4-5,7,13H2,1-3H3,(H,28,29)(H2,24,25,26,27);3-5H,6,10H2,1-2H3;7-8H,6H2,1-5H3;1-3H;6H,3-5,8H2,1-2H3;4H,1-3H2;1H4;;1H2;1H/q;;;;;;;;;+1;;/p-1/t19-;18-;17-;;;;6-;;;;;/m111...1...../s1/i;;;;;;;;;;;1+1. The van der Waals surface area contributed by atoms with Crippen LogP contribution < -0.4 is 138 Å². The van der Waals surface area contributed by atoms with Gasteiger partial charge < -0.3 is 117 Å². The van der Waals surface area contributed by atoms with Crippen LogP contribution in [0.5, 0.6) is 46.0 Å². The Morgan fingerprint density at radius 3 is 1.06 bits per heavy atom. The van der Waals surface area contributed by atoms with E-state index in [9.17, 15) is 24.3 Å². The fraction of sp³-hybridized carbons (Fsp3) is 0.462. The number of carbonyl (C=O) groups excluding carboxylic acids is 3. The summed E-state index contributed by atoms with van der Waals surface area (Å²) in [7, 11) is 15.6. The van der Waals surface area contributed by atoms with E-state index in [2.05, 4.69) is 157 Å². The van der Waals surface area contributed by atoms with Gasteiger partial charge in [-0.3, -0.25) is 34.4 Å². The number of ketones is 1. The van der Waals surface area contributed by atoms with Gasteiger partial charge in [-0.1, -0.05) is 111 Å². The average Bonchev–Trinajstić information content (AvgIpc) is 0.801. The van der Waals surface area contributed by atoms with Crippen LogP contribution in [-0.2, 0) is 54.8 Å². The van der Waals surface area contributed by atoms with Crippen molar-refractivity contribution in [2.75, 3.05) is 129 Å². The van der Waals surface area contributed by atoms with Gasteiger partial charge in [-0.25, -0.2) is 34.5 Å². The number of aliphatic hydroxyl groups is 2. The van der Waals surface area contributed by atoms with Crippen LogP contribution in [-0.4, -0.2) is 243 Å². The summed E-state index contributed by atoms with van der Waals surface area (Å²) < 4.78 is 51.7. The first-order valence-electron chi connectivity index (χ1n) is 47.8. The van der Waals surface area contributed by atoms with Crippen molar-refractivity contribution in [3.8, 4) is 46.0 Å². The number of hydrogen-bond acceptors (Lipinski definition) is 39. The van der Waals surface area contributed by atoms with Crippen LogP contribution in [0.25, 0.3) is 44.1 Å². The average molecular weight is 2110 g/mol. The second-order valence-electron chi connectivity index (χ2n) is 32.4. The number of rotatable bonds is 47. The summed E-state index contributed by atoms with van der Waals surface area (Å²) in [5.41, 5.74) is 24.3. The number of Topliss-reactive ketones (excluding diaryl/α,β-unsaturated/α-hetero) is 1. The second-order valence-corrected chi connectivity index (χ2v) is 33.1. The number of carboxylic acid groups (broad SMARTS) is 1. The molecule has 8 heterocycles. The number of aromatic nitrogens is 12. The van der Waals surface area contributed by atoms with Crippen molar-refractivity contribution in [3.63, 3.8) is 0 Å². The molecule has 147 heavy (non-hydrogen) atoms. The third-order valence-corrected chi connectivity index (χ3v) is 22.1. The molecule has 0 aliphatic heterocycles. The number of pyridine rings is 4. The summed E-state index contributed by atoms with van der Waals surface area (Å²) in [6, 6.07) is 36.1. The molecule has 0 saturated heterocycles. The number of unbranched alkanes of at least 4 members (excludes halogenated alkanes) is 4. The number of fused-ring (bicyclic) bond motifs is 4.